The molecule has 0 aliphatic rings. The van der Waals surface area contributed by atoms with Crippen molar-refractivity contribution in [3.8, 4) is 11.1 Å². The van der Waals surface area contributed by atoms with Crippen LogP contribution in [0.3, 0.4) is 0 Å². The average molecular weight is 289 g/mol. The Hall–Kier alpha value is -2.13. The second kappa shape index (κ2) is 6.35. The third kappa shape index (κ3) is 2.89. The van der Waals surface area contributed by atoms with Gasteiger partial charge in [-0.25, -0.2) is 4.79 Å². The van der Waals surface area contributed by atoms with E-state index in [4.69, 9.17) is 16.3 Å². The topological polar surface area (TPSA) is 43.4 Å². The van der Waals surface area contributed by atoms with E-state index in [9.17, 15) is 9.59 Å². The van der Waals surface area contributed by atoms with Gasteiger partial charge in [-0.05, 0) is 41.8 Å². The highest BCUT2D eigenvalue weighted by Crippen LogP contribution is 2.28. The summed E-state index contributed by atoms with van der Waals surface area (Å²) in [5, 5.41) is -0.556. The van der Waals surface area contributed by atoms with Crippen LogP contribution in [0.5, 0.6) is 0 Å². The lowest BCUT2D eigenvalue weighted by Crippen LogP contribution is -2.07. The van der Waals surface area contributed by atoms with E-state index < -0.39 is 11.2 Å². The smallest absolute Gasteiger partial charge is 0.338 e. The molecule has 2 aromatic rings. The predicted molar refractivity (Wildman–Crippen MR) is 78.0 cm³/mol. The molecular formula is C16H13ClO3. The molecule has 0 N–H and O–H groups in total. The summed E-state index contributed by atoms with van der Waals surface area (Å²) in [4.78, 5) is 23.5. The first-order valence-corrected chi connectivity index (χ1v) is 6.58. The molecule has 0 aliphatic heterocycles. The van der Waals surface area contributed by atoms with Gasteiger partial charge in [0.15, 0.2) is 0 Å². The van der Waals surface area contributed by atoms with Gasteiger partial charge in [-0.3, -0.25) is 4.79 Å². The van der Waals surface area contributed by atoms with E-state index in [0.29, 0.717) is 28.9 Å². The van der Waals surface area contributed by atoms with Gasteiger partial charge in [0.25, 0.3) is 5.24 Å². The Kier molecular flexibility index (Phi) is 4.53. The van der Waals surface area contributed by atoms with Gasteiger partial charge in [-0.2, -0.15) is 0 Å². The van der Waals surface area contributed by atoms with Crippen molar-refractivity contribution in [2.45, 2.75) is 6.92 Å². The molecule has 0 heterocycles. The summed E-state index contributed by atoms with van der Waals surface area (Å²) in [5.74, 6) is -0.417. The van der Waals surface area contributed by atoms with E-state index in [1.165, 1.54) is 0 Å². The van der Waals surface area contributed by atoms with E-state index >= 15 is 0 Å². The fourth-order valence-corrected chi connectivity index (χ4v) is 2.16. The van der Waals surface area contributed by atoms with E-state index in [0.717, 1.165) is 0 Å². The van der Waals surface area contributed by atoms with Crippen molar-refractivity contribution in [1.82, 2.24) is 0 Å². The molecule has 2 aromatic carbocycles. The lowest BCUT2D eigenvalue weighted by molar-refractivity contribution is 0.0527. The number of hydrogen-bond acceptors (Lipinski definition) is 3. The first kappa shape index (κ1) is 14.3. The van der Waals surface area contributed by atoms with Gasteiger partial charge in [0, 0.05) is 5.56 Å². The van der Waals surface area contributed by atoms with Crippen molar-refractivity contribution >= 4 is 22.8 Å². The van der Waals surface area contributed by atoms with E-state index in [1.54, 1.807) is 55.5 Å². The quantitative estimate of drug-likeness (QED) is 0.633. The monoisotopic (exact) mass is 288 g/mol. The van der Waals surface area contributed by atoms with Crippen molar-refractivity contribution in [3.05, 3.63) is 59.7 Å². The molecule has 0 saturated heterocycles. The predicted octanol–water partition coefficient (Wildman–Crippen LogP) is 3.91. The largest absolute Gasteiger partial charge is 0.462 e. The van der Waals surface area contributed by atoms with Crippen molar-refractivity contribution in [1.29, 1.82) is 0 Å². The molecule has 0 fully saturated rings. The first-order chi connectivity index (χ1) is 9.65. The molecule has 0 aromatic heterocycles. The highest BCUT2D eigenvalue weighted by atomic mass is 35.5. The lowest BCUT2D eigenvalue weighted by atomic mass is 9.96. The van der Waals surface area contributed by atoms with E-state index in [2.05, 4.69) is 0 Å². The summed E-state index contributed by atoms with van der Waals surface area (Å²) >= 11 is 5.60. The first-order valence-electron chi connectivity index (χ1n) is 6.20. The Balaban J connectivity index is 2.59. The van der Waals surface area contributed by atoms with Crippen LogP contribution < -0.4 is 0 Å². The van der Waals surface area contributed by atoms with Gasteiger partial charge in [-0.1, -0.05) is 36.4 Å². The van der Waals surface area contributed by atoms with Crippen LogP contribution in [0, 0.1) is 0 Å². The van der Waals surface area contributed by atoms with Crippen LogP contribution in [-0.2, 0) is 4.74 Å². The highest BCUT2D eigenvalue weighted by molar-refractivity contribution is 6.68. The maximum absolute atomic E-state index is 12.0. The fraction of sp³-hybridized carbons (Fsp3) is 0.125. The lowest BCUT2D eigenvalue weighted by Gasteiger charge is -2.11. The van der Waals surface area contributed by atoms with Crippen molar-refractivity contribution in [2.75, 3.05) is 6.61 Å². The molecule has 0 aliphatic carbocycles. The maximum atomic E-state index is 12.0. The molecular weight excluding hydrogens is 276 g/mol. The van der Waals surface area contributed by atoms with E-state index in [-0.39, 0.29) is 0 Å². The fourth-order valence-electron chi connectivity index (χ4n) is 1.99. The minimum atomic E-state index is -0.556. The summed E-state index contributed by atoms with van der Waals surface area (Å²) in [6, 6.07) is 13.9. The van der Waals surface area contributed by atoms with Crippen LogP contribution in [0.4, 0.5) is 0 Å². The second-order valence-corrected chi connectivity index (χ2v) is 4.43. The molecule has 2 rings (SSSR count). The molecule has 0 amide bonds. The number of benzene rings is 2. The molecule has 0 atom stereocenters. The zero-order valence-electron chi connectivity index (χ0n) is 10.9. The average Bonchev–Trinajstić information content (AvgIpc) is 2.47. The molecule has 3 nitrogen and oxygen atoms in total. The summed E-state index contributed by atoms with van der Waals surface area (Å²) in [7, 11) is 0. The number of ether oxygens (including phenoxy) is 1. The number of halogens is 1. The van der Waals surface area contributed by atoms with Crippen molar-refractivity contribution < 1.29 is 14.3 Å². The van der Waals surface area contributed by atoms with Gasteiger partial charge in [0.2, 0.25) is 0 Å². The van der Waals surface area contributed by atoms with Crippen LogP contribution in [0.25, 0.3) is 11.1 Å². The molecule has 0 spiro atoms. The molecule has 102 valence electrons. The third-order valence-electron chi connectivity index (χ3n) is 2.85. The number of esters is 1. The molecule has 0 radical (unpaired) electrons. The van der Waals surface area contributed by atoms with Crippen molar-refractivity contribution in [3.63, 3.8) is 0 Å². The van der Waals surface area contributed by atoms with Crippen LogP contribution >= 0.6 is 11.6 Å². The summed E-state index contributed by atoms with van der Waals surface area (Å²) < 4.78 is 5.03. The SMILES string of the molecule is CCOC(=O)c1ccccc1-c1ccccc1C(=O)Cl. The molecule has 0 unspecified atom stereocenters. The zero-order valence-corrected chi connectivity index (χ0v) is 11.7. The number of hydrogen-bond donors (Lipinski definition) is 0. The van der Waals surface area contributed by atoms with E-state index in [1.807, 2.05) is 0 Å². The highest BCUT2D eigenvalue weighted by Gasteiger charge is 2.17. The minimum Gasteiger partial charge on any atom is -0.462 e. The maximum Gasteiger partial charge on any atom is 0.338 e. The molecule has 20 heavy (non-hydrogen) atoms. The standard InChI is InChI=1S/C16H13ClO3/c1-2-20-16(19)14-10-6-4-8-12(14)11-7-3-5-9-13(11)15(17)18/h3-10H,2H2,1H3. The van der Waals surface area contributed by atoms with Gasteiger partial charge in [-0.15, -0.1) is 0 Å². The number of carbonyl (C=O) groups is 2. The second-order valence-electron chi connectivity index (χ2n) is 4.09. The summed E-state index contributed by atoms with van der Waals surface area (Å²) in [6.07, 6.45) is 0. The minimum absolute atomic E-state index is 0.295. The van der Waals surface area contributed by atoms with Gasteiger partial charge in [0.05, 0.1) is 12.2 Å². The normalized spacial score (nSPS) is 10.1. The Labute approximate surface area is 122 Å². The van der Waals surface area contributed by atoms with Crippen molar-refractivity contribution in [2.24, 2.45) is 0 Å². The van der Waals surface area contributed by atoms with Crippen LogP contribution in [-0.4, -0.2) is 17.8 Å². The summed E-state index contributed by atoms with van der Waals surface area (Å²) in [6.45, 7) is 2.04. The molecule has 0 bridgehead atoms. The third-order valence-corrected chi connectivity index (χ3v) is 3.06. The van der Waals surface area contributed by atoms with Gasteiger partial charge < -0.3 is 4.74 Å². The van der Waals surface area contributed by atoms with Crippen LogP contribution in [0.2, 0.25) is 0 Å². The molecule has 4 heteroatoms. The Morgan fingerprint density at radius 2 is 1.45 bits per heavy atom. The zero-order chi connectivity index (χ0) is 14.5. The summed E-state index contributed by atoms with van der Waals surface area (Å²) in [5.41, 5.74) is 2.04. The Morgan fingerprint density at radius 1 is 0.950 bits per heavy atom. The Morgan fingerprint density at radius 3 is 2.00 bits per heavy atom. The molecule has 0 saturated carbocycles. The van der Waals surface area contributed by atoms with Crippen LogP contribution in [0.1, 0.15) is 27.6 Å². The van der Waals surface area contributed by atoms with Crippen LogP contribution in [0.15, 0.2) is 48.5 Å². The number of rotatable bonds is 4. The van der Waals surface area contributed by atoms with Gasteiger partial charge in [0.1, 0.15) is 0 Å². The number of carbonyl (C=O) groups excluding carboxylic acids is 2. The van der Waals surface area contributed by atoms with Gasteiger partial charge >= 0.3 is 5.97 Å². The Bertz CT molecular complexity index is 650.